The zero-order valence-electron chi connectivity index (χ0n) is 12.5. The van der Waals surface area contributed by atoms with E-state index in [1.165, 1.54) is 18.2 Å². The van der Waals surface area contributed by atoms with Gasteiger partial charge < -0.3 is 9.26 Å². The molecule has 2 aromatic carbocycles. The van der Waals surface area contributed by atoms with E-state index in [0.29, 0.717) is 11.5 Å². The van der Waals surface area contributed by atoms with Crippen molar-refractivity contribution < 1.29 is 18.4 Å². The van der Waals surface area contributed by atoms with Gasteiger partial charge in [0.05, 0.1) is 5.56 Å². The lowest BCUT2D eigenvalue weighted by Gasteiger charge is -2.02. The first-order chi connectivity index (χ1) is 11.1. The summed E-state index contributed by atoms with van der Waals surface area (Å²) < 4.78 is 23.4. The van der Waals surface area contributed by atoms with Crippen molar-refractivity contribution in [3.63, 3.8) is 0 Å². The third-order valence-electron chi connectivity index (χ3n) is 3.31. The number of aryl methyl sites for hydroxylation is 1. The standard InChI is InChI=1S/C18H14FNO3/c1-12-5-7-13(8-6-12)17-10-16(20-23-17)11-22-18(21)14-3-2-4-15(19)9-14/h2-10H,11H2,1H3. The molecule has 0 aliphatic carbocycles. The van der Waals surface area contributed by atoms with Gasteiger partial charge in [0.2, 0.25) is 0 Å². The molecule has 0 radical (unpaired) electrons. The second kappa shape index (κ2) is 6.44. The Labute approximate surface area is 132 Å². The van der Waals surface area contributed by atoms with Crippen molar-refractivity contribution in [1.29, 1.82) is 0 Å². The van der Waals surface area contributed by atoms with Crippen LogP contribution in [-0.2, 0) is 11.3 Å². The number of halogens is 1. The van der Waals surface area contributed by atoms with E-state index in [1.807, 2.05) is 31.2 Å². The Morgan fingerprint density at radius 2 is 1.96 bits per heavy atom. The number of carbonyl (C=O) groups excluding carboxylic acids is 1. The lowest BCUT2D eigenvalue weighted by Crippen LogP contribution is -2.05. The van der Waals surface area contributed by atoms with Gasteiger partial charge in [0.25, 0.3) is 0 Å². The van der Waals surface area contributed by atoms with Crippen LogP contribution in [0, 0.1) is 12.7 Å². The van der Waals surface area contributed by atoms with Crippen LogP contribution in [0.3, 0.4) is 0 Å². The first-order valence-electron chi connectivity index (χ1n) is 7.07. The SMILES string of the molecule is Cc1ccc(-c2cc(COC(=O)c3cccc(F)c3)no2)cc1. The van der Waals surface area contributed by atoms with Crippen molar-refractivity contribution in [2.24, 2.45) is 0 Å². The summed E-state index contributed by atoms with van der Waals surface area (Å²) in [4.78, 5) is 11.8. The Balaban J connectivity index is 1.65. The topological polar surface area (TPSA) is 52.3 Å². The van der Waals surface area contributed by atoms with E-state index in [4.69, 9.17) is 9.26 Å². The number of carbonyl (C=O) groups is 1. The molecule has 0 unspecified atom stereocenters. The summed E-state index contributed by atoms with van der Waals surface area (Å²) in [7, 11) is 0. The molecule has 0 saturated carbocycles. The van der Waals surface area contributed by atoms with E-state index in [-0.39, 0.29) is 12.2 Å². The fourth-order valence-electron chi connectivity index (χ4n) is 2.07. The number of hydrogen-bond donors (Lipinski definition) is 0. The Bertz CT molecular complexity index is 824. The van der Waals surface area contributed by atoms with Crippen molar-refractivity contribution in [3.8, 4) is 11.3 Å². The van der Waals surface area contributed by atoms with Crippen molar-refractivity contribution in [2.45, 2.75) is 13.5 Å². The molecule has 4 nitrogen and oxygen atoms in total. The Morgan fingerprint density at radius 3 is 2.70 bits per heavy atom. The number of benzene rings is 2. The molecule has 5 heteroatoms. The Hall–Kier alpha value is -2.95. The quantitative estimate of drug-likeness (QED) is 0.679. The van der Waals surface area contributed by atoms with Crippen molar-refractivity contribution >= 4 is 5.97 Å². The van der Waals surface area contributed by atoms with Crippen LogP contribution in [-0.4, -0.2) is 11.1 Å². The van der Waals surface area contributed by atoms with Gasteiger partial charge in [0.15, 0.2) is 5.76 Å². The highest BCUT2D eigenvalue weighted by atomic mass is 19.1. The van der Waals surface area contributed by atoms with E-state index in [0.717, 1.165) is 17.2 Å². The molecular formula is C18H14FNO3. The van der Waals surface area contributed by atoms with Gasteiger partial charge in [-0.05, 0) is 25.1 Å². The molecule has 1 aromatic heterocycles. The highest BCUT2D eigenvalue weighted by molar-refractivity contribution is 5.89. The molecule has 3 rings (SSSR count). The van der Waals surface area contributed by atoms with Gasteiger partial charge in [0, 0.05) is 11.6 Å². The highest BCUT2D eigenvalue weighted by Crippen LogP contribution is 2.21. The van der Waals surface area contributed by atoms with E-state index < -0.39 is 11.8 Å². The van der Waals surface area contributed by atoms with Gasteiger partial charge in [-0.2, -0.15) is 0 Å². The number of esters is 1. The Kier molecular flexibility index (Phi) is 4.19. The molecule has 0 atom stereocenters. The Morgan fingerprint density at radius 1 is 1.17 bits per heavy atom. The summed E-state index contributed by atoms with van der Waals surface area (Å²) in [5.41, 5.74) is 2.70. The lowest BCUT2D eigenvalue weighted by molar-refractivity contribution is 0.0463. The van der Waals surface area contributed by atoms with Crippen LogP contribution < -0.4 is 0 Å². The molecule has 0 aliphatic rings. The zero-order valence-corrected chi connectivity index (χ0v) is 12.5. The number of nitrogens with zero attached hydrogens (tertiary/aromatic N) is 1. The van der Waals surface area contributed by atoms with Crippen LogP contribution in [0.2, 0.25) is 0 Å². The number of aromatic nitrogens is 1. The molecular weight excluding hydrogens is 297 g/mol. The fraction of sp³-hybridized carbons (Fsp3) is 0.111. The summed E-state index contributed by atoms with van der Waals surface area (Å²) in [6.45, 7) is 1.96. The summed E-state index contributed by atoms with van der Waals surface area (Å²) >= 11 is 0. The minimum Gasteiger partial charge on any atom is -0.455 e. The summed E-state index contributed by atoms with van der Waals surface area (Å²) in [5.74, 6) is -0.492. The molecule has 23 heavy (non-hydrogen) atoms. The molecule has 0 fully saturated rings. The maximum Gasteiger partial charge on any atom is 0.338 e. The number of hydrogen-bond acceptors (Lipinski definition) is 4. The summed E-state index contributed by atoms with van der Waals surface area (Å²) in [5, 5.41) is 3.87. The maximum absolute atomic E-state index is 13.1. The van der Waals surface area contributed by atoms with Crippen molar-refractivity contribution in [3.05, 3.63) is 77.2 Å². The third-order valence-corrected chi connectivity index (χ3v) is 3.31. The largest absolute Gasteiger partial charge is 0.455 e. The van der Waals surface area contributed by atoms with Crippen LogP contribution in [0.1, 0.15) is 21.6 Å². The molecule has 0 aliphatic heterocycles. The van der Waals surface area contributed by atoms with Crippen LogP contribution in [0.4, 0.5) is 4.39 Å². The van der Waals surface area contributed by atoms with Crippen LogP contribution in [0.25, 0.3) is 11.3 Å². The van der Waals surface area contributed by atoms with E-state index in [9.17, 15) is 9.18 Å². The van der Waals surface area contributed by atoms with Gasteiger partial charge in [-0.1, -0.05) is 41.1 Å². The summed E-state index contributed by atoms with van der Waals surface area (Å²) in [6.07, 6.45) is 0. The first-order valence-corrected chi connectivity index (χ1v) is 7.07. The molecule has 0 N–H and O–H groups in total. The van der Waals surface area contributed by atoms with Gasteiger partial charge in [-0.3, -0.25) is 0 Å². The maximum atomic E-state index is 13.1. The van der Waals surface area contributed by atoms with Crippen LogP contribution >= 0.6 is 0 Å². The molecule has 0 spiro atoms. The van der Waals surface area contributed by atoms with Crippen LogP contribution in [0.15, 0.2) is 59.1 Å². The van der Waals surface area contributed by atoms with Crippen molar-refractivity contribution in [1.82, 2.24) is 5.16 Å². The van der Waals surface area contributed by atoms with Gasteiger partial charge in [0.1, 0.15) is 18.1 Å². The van der Waals surface area contributed by atoms with E-state index in [2.05, 4.69) is 5.16 Å². The predicted molar refractivity (Wildman–Crippen MR) is 82.2 cm³/mol. The minimum absolute atomic E-state index is 0.0370. The molecule has 116 valence electrons. The molecule has 0 saturated heterocycles. The van der Waals surface area contributed by atoms with Gasteiger partial charge in [-0.15, -0.1) is 0 Å². The first kappa shape index (κ1) is 15.0. The molecule has 0 bridgehead atoms. The smallest absolute Gasteiger partial charge is 0.338 e. The highest BCUT2D eigenvalue weighted by Gasteiger charge is 2.11. The number of rotatable bonds is 4. The molecule has 0 amide bonds. The average Bonchev–Trinajstić information content (AvgIpc) is 3.02. The fourth-order valence-corrected chi connectivity index (χ4v) is 2.07. The normalized spacial score (nSPS) is 10.5. The van der Waals surface area contributed by atoms with Crippen molar-refractivity contribution in [2.75, 3.05) is 0 Å². The monoisotopic (exact) mass is 311 g/mol. The van der Waals surface area contributed by atoms with Gasteiger partial charge >= 0.3 is 5.97 Å². The van der Waals surface area contributed by atoms with E-state index in [1.54, 1.807) is 6.07 Å². The predicted octanol–water partition coefficient (Wildman–Crippen LogP) is 4.15. The lowest BCUT2D eigenvalue weighted by atomic mass is 10.1. The van der Waals surface area contributed by atoms with E-state index >= 15 is 0 Å². The zero-order chi connectivity index (χ0) is 16.2. The molecule has 1 heterocycles. The second-order valence-corrected chi connectivity index (χ2v) is 5.14. The summed E-state index contributed by atoms with van der Waals surface area (Å²) in [6, 6.07) is 14.9. The number of ether oxygens (including phenoxy) is 1. The third kappa shape index (κ3) is 3.63. The van der Waals surface area contributed by atoms with Crippen LogP contribution in [0.5, 0.6) is 0 Å². The average molecular weight is 311 g/mol. The molecule has 3 aromatic rings. The second-order valence-electron chi connectivity index (χ2n) is 5.14. The van der Waals surface area contributed by atoms with Gasteiger partial charge in [-0.25, -0.2) is 9.18 Å². The minimum atomic E-state index is -0.607.